The van der Waals surface area contributed by atoms with Gasteiger partial charge < -0.3 is 0 Å². The van der Waals surface area contributed by atoms with Crippen LogP contribution < -0.4 is 0 Å². The molecule has 0 aromatic heterocycles. The zero-order valence-corrected chi connectivity index (χ0v) is 8.86. The molecule has 0 fully saturated rings. The molecule has 0 saturated heterocycles. The normalized spacial score (nSPS) is 12.9. The molecule has 1 aromatic carbocycles. The van der Waals surface area contributed by atoms with Crippen LogP contribution in [-0.2, 0) is 0 Å². The maximum absolute atomic E-state index is 3.51. The van der Waals surface area contributed by atoms with Gasteiger partial charge in [0.1, 0.15) is 0 Å². The highest BCUT2D eigenvalue weighted by atomic mass is 79.9. The highest BCUT2D eigenvalue weighted by Gasteiger charge is 1.96. The van der Waals surface area contributed by atoms with E-state index in [0.717, 1.165) is 5.75 Å². The molecule has 1 atom stereocenters. The summed E-state index contributed by atoms with van der Waals surface area (Å²) in [5.74, 6) is 1.13. The molecule has 0 heterocycles. The molecule has 0 aliphatic carbocycles. The van der Waals surface area contributed by atoms with Crippen molar-refractivity contribution in [2.24, 2.45) is 0 Å². The van der Waals surface area contributed by atoms with E-state index in [1.54, 1.807) is 0 Å². The van der Waals surface area contributed by atoms with Gasteiger partial charge in [-0.15, -0.1) is 11.8 Å². The van der Waals surface area contributed by atoms with E-state index in [4.69, 9.17) is 0 Å². The summed E-state index contributed by atoms with van der Waals surface area (Å²) < 4.78 is 0. The SMILES string of the molecule is CC(Br)CSc1ccccc1. The van der Waals surface area contributed by atoms with E-state index in [0.29, 0.717) is 4.83 Å². The monoisotopic (exact) mass is 230 g/mol. The van der Waals surface area contributed by atoms with E-state index in [1.165, 1.54) is 4.90 Å². The van der Waals surface area contributed by atoms with Gasteiger partial charge in [0.2, 0.25) is 0 Å². The summed E-state index contributed by atoms with van der Waals surface area (Å²) >= 11 is 5.39. The van der Waals surface area contributed by atoms with Gasteiger partial charge in [0.05, 0.1) is 0 Å². The molecule has 1 aromatic rings. The summed E-state index contributed by atoms with van der Waals surface area (Å²) in [5, 5.41) is 0. The van der Waals surface area contributed by atoms with Crippen molar-refractivity contribution in [3.05, 3.63) is 30.3 Å². The van der Waals surface area contributed by atoms with Crippen molar-refractivity contribution in [1.82, 2.24) is 0 Å². The van der Waals surface area contributed by atoms with Crippen molar-refractivity contribution < 1.29 is 0 Å². The van der Waals surface area contributed by atoms with Gasteiger partial charge in [-0.2, -0.15) is 0 Å². The number of rotatable bonds is 3. The minimum absolute atomic E-state index is 0.590. The topological polar surface area (TPSA) is 0 Å². The second kappa shape index (κ2) is 4.83. The van der Waals surface area contributed by atoms with Crippen molar-refractivity contribution in [2.75, 3.05) is 5.75 Å². The molecule has 1 rings (SSSR count). The van der Waals surface area contributed by atoms with Gasteiger partial charge in [-0.25, -0.2) is 0 Å². The van der Waals surface area contributed by atoms with Crippen LogP contribution in [0.4, 0.5) is 0 Å². The van der Waals surface area contributed by atoms with Crippen LogP contribution in [0, 0.1) is 0 Å². The van der Waals surface area contributed by atoms with Crippen molar-refractivity contribution in [1.29, 1.82) is 0 Å². The van der Waals surface area contributed by atoms with E-state index in [9.17, 15) is 0 Å². The van der Waals surface area contributed by atoms with Gasteiger partial charge in [-0.3, -0.25) is 0 Å². The Morgan fingerprint density at radius 2 is 2.00 bits per heavy atom. The van der Waals surface area contributed by atoms with Gasteiger partial charge in [0.25, 0.3) is 0 Å². The molecule has 0 aliphatic heterocycles. The maximum Gasteiger partial charge on any atom is 0.0211 e. The van der Waals surface area contributed by atoms with Crippen LogP contribution in [0.5, 0.6) is 0 Å². The third-order valence-corrected chi connectivity index (χ3v) is 3.25. The Kier molecular flexibility index (Phi) is 4.02. The number of alkyl halides is 1. The third-order valence-electron chi connectivity index (χ3n) is 1.22. The van der Waals surface area contributed by atoms with Crippen LogP contribution in [0.3, 0.4) is 0 Å². The van der Waals surface area contributed by atoms with Crippen LogP contribution in [0.2, 0.25) is 0 Å². The van der Waals surface area contributed by atoms with Crippen LogP contribution in [-0.4, -0.2) is 10.6 Å². The molecule has 0 spiro atoms. The Bertz CT molecular complexity index is 196. The predicted molar refractivity (Wildman–Crippen MR) is 55.6 cm³/mol. The van der Waals surface area contributed by atoms with E-state index < -0.39 is 0 Å². The Balaban J connectivity index is 2.39. The summed E-state index contributed by atoms with van der Waals surface area (Å²) in [6.07, 6.45) is 0. The van der Waals surface area contributed by atoms with Gasteiger partial charge in [-0.1, -0.05) is 41.1 Å². The largest absolute Gasteiger partial charge is 0.125 e. The fraction of sp³-hybridized carbons (Fsp3) is 0.333. The first kappa shape index (κ1) is 9.14. The summed E-state index contributed by atoms with van der Waals surface area (Å²) in [4.78, 5) is 1.94. The fourth-order valence-corrected chi connectivity index (χ4v) is 1.90. The number of thioether (sulfide) groups is 1. The molecule has 0 radical (unpaired) electrons. The average Bonchev–Trinajstić information content (AvgIpc) is 2.03. The lowest BCUT2D eigenvalue weighted by Crippen LogP contribution is -1.92. The van der Waals surface area contributed by atoms with Crippen LogP contribution >= 0.6 is 27.7 Å². The summed E-state index contributed by atoms with van der Waals surface area (Å²) in [6, 6.07) is 10.5. The second-order valence-corrected chi connectivity index (χ2v) is 5.06. The van der Waals surface area contributed by atoms with Gasteiger partial charge >= 0.3 is 0 Å². The molecule has 2 heteroatoms. The standard InChI is InChI=1S/C9H11BrS/c1-8(10)7-11-9-5-3-2-4-6-9/h2-6,8H,7H2,1H3. The predicted octanol–water partition coefficient (Wildman–Crippen LogP) is 3.56. The van der Waals surface area contributed by atoms with Crippen molar-refractivity contribution in [3.8, 4) is 0 Å². The minimum Gasteiger partial charge on any atom is -0.125 e. The lowest BCUT2D eigenvalue weighted by atomic mass is 10.4. The average molecular weight is 231 g/mol. The van der Waals surface area contributed by atoms with Crippen LogP contribution in [0.25, 0.3) is 0 Å². The van der Waals surface area contributed by atoms with E-state index in [2.05, 4.69) is 47.1 Å². The number of hydrogen-bond donors (Lipinski definition) is 0. The molecule has 1 unspecified atom stereocenters. The molecule has 0 amide bonds. The maximum atomic E-state index is 3.51. The Labute approximate surface area is 80.5 Å². The molecule has 11 heavy (non-hydrogen) atoms. The Morgan fingerprint density at radius 3 is 2.55 bits per heavy atom. The van der Waals surface area contributed by atoms with Crippen molar-refractivity contribution in [3.63, 3.8) is 0 Å². The molecular formula is C9H11BrS. The smallest absolute Gasteiger partial charge is 0.0211 e. The van der Waals surface area contributed by atoms with E-state index in [1.807, 2.05) is 17.8 Å². The first-order valence-electron chi connectivity index (χ1n) is 3.61. The molecule has 0 nitrogen and oxygen atoms in total. The Hall–Kier alpha value is 0.0500. The van der Waals surface area contributed by atoms with Gasteiger partial charge in [0, 0.05) is 15.5 Å². The summed E-state index contributed by atoms with van der Waals surface area (Å²) in [5.41, 5.74) is 0. The lowest BCUT2D eigenvalue weighted by Gasteiger charge is -2.01. The van der Waals surface area contributed by atoms with Crippen LogP contribution in [0.15, 0.2) is 35.2 Å². The highest BCUT2D eigenvalue weighted by molar-refractivity contribution is 9.09. The third kappa shape index (κ3) is 3.82. The molecule has 0 saturated carbocycles. The fourth-order valence-electron chi connectivity index (χ4n) is 0.728. The minimum atomic E-state index is 0.590. The molecule has 0 bridgehead atoms. The zero-order chi connectivity index (χ0) is 8.10. The quantitative estimate of drug-likeness (QED) is 0.566. The van der Waals surface area contributed by atoms with Crippen LogP contribution in [0.1, 0.15) is 6.92 Å². The lowest BCUT2D eigenvalue weighted by molar-refractivity contribution is 1.15. The van der Waals surface area contributed by atoms with Gasteiger partial charge in [-0.05, 0) is 12.1 Å². The van der Waals surface area contributed by atoms with Crippen molar-refractivity contribution >= 4 is 27.7 Å². The zero-order valence-electron chi connectivity index (χ0n) is 6.46. The Morgan fingerprint density at radius 1 is 1.36 bits per heavy atom. The van der Waals surface area contributed by atoms with Gasteiger partial charge in [0.15, 0.2) is 0 Å². The molecule has 0 N–H and O–H groups in total. The second-order valence-electron chi connectivity index (χ2n) is 2.40. The highest BCUT2D eigenvalue weighted by Crippen LogP contribution is 2.19. The number of benzene rings is 1. The van der Waals surface area contributed by atoms with Crippen molar-refractivity contribution in [2.45, 2.75) is 16.6 Å². The first-order chi connectivity index (χ1) is 5.29. The summed E-state index contributed by atoms with van der Waals surface area (Å²) in [6.45, 7) is 2.16. The first-order valence-corrected chi connectivity index (χ1v) is 5.51. The number of halogens is 1. The molecule has 0 aliphatic rings. The van der Waals surface area contributed by atoms with E-state index >= 15 is 0 Å². The summed E-state index contributed by atoms with van der Waals surface area (Å²) in [7, 11) is 0. The molecule has 60 valence electrons. The van der Waals surface area contributed by atoms with E-state index in [-0.39, 0.29) is 0 Å². The number of hydrogen-bond acceptors (Lipinski definition) is 1. The molecular weight excluding hydrogens is 220 g/mol.